The molecule has 1 aromatic rings. The first-order chi connectivity index (χ1) is 6.25. The van der Waals surface area contributed by atoms with Gasteiger partial charge in [0.25, 0.3) is 5.91 Å². The molecule has 0 aromatic carbocycles. The maximum atomic E-state index is 10.9. The van der Waals surface area contributed by atoms with E-state index in [2.05, 4.69) is 20.9 Å². The van der Waals surface area contributed by atoms with Crippen LogP contribution in [0.25, 0.3) is 0 Å². The van der Waals surface area contributed by atoms with Crippen molar-refractivity contribution in [2.24, 2.45) is 5.73 Å². The number of primary amides is 1. The minimum absolute atomic E-state index is 0.426. The number of nitrogens with two attached hydrogens (primary N) is 1. The number of hydrogen-bond acceptors (Lipinski definition) is 3. The van der Waals surface area contributed by atoms with Crippen molar-refractivity contribution in [3.8, 4) is 0 Å². The smallest absolute Gasteiger partial charge is 0.251 e. The van der Waals surface area contributed by atoms with Crippen molar-refractivity contribution in [3.05, 3.63) is 24.0 Å². The number of halogens is 1. The van der Waals surface area contributed by atoms with Crippen LogP contribution in [-0.2, 0) is 0 Å². The van der Waals surface area contributed by atoms with Crippen LogP contribution in [0.1, 0.15) is 10.4 Å². The van der Waals surface area contributed by atoms with Crippen LogP contribution in [0.4, 0.5) is 0 Å². The van der Waals surface area contributed by atoms with E-state index in [4.69, 9.17) is 5.73 Å². The van der Waals surface area contributed by atoms with Gasteiger partial charge in [0.05, 0.1) is 5.56 Å². The average molecular weight is 261 g/mol. The summed E-state index contributed by atoms with van der Waals surface area (Å²) in [5, 5.41) is 0.887. The average Bonchev–Trinajstić information content (AvgIpc) is 2.15. The lowest BCUT2D eigenvalue weighted by Crippen LogP contribution is -2.12. The van der Waals surface area contributed by atoms with Gasteiger partial charge in [0.1, 0.15) is 0 Å². The van der Waals surface area contributed by atoms with Crippen LogP contribution in [0.5, 0.6) is 0 Å². The predicted molar refractivity (Wildman–Crippen MR) is 57.3 cm³/mol. The quantitative estimate of drug-likeness (QED) is 0.662. The van der Waals surface area contributed by atoms with E-state index < -0.39 is 5.91 Å². The monoisotopic (exact) mass is 260 g/mol. The topological polar surface area (TPSA) is 56.0 Å². The summed E-state index contributed by atoms with van der Waals surface area (Å²) in [4.78, 5) is 15.7. The summed E-state index contributed by atoms with van der Waals surface area (Å²) >= 11 is 4.90. The zero-order chi connectivity index (χ0) is 9.68. The van der Waals surface area contributed by atoms with Crippen molar-refractivity contribution in [1.82, 2.24) is 4.98 Å². The van der Waals surface area contributed by atoms with Crippen molar-refractivity contribution in [1.29, 1.82) is 0 Å². The van der Waals surface area contributed by atoms with Gasteiger partial charge in [0.2, 0.25) is 0 Å². The third-order valence-corrected chi connectivity index (χ3v) is 3.38. The van der Waals surface area contributed by atoms with Crippen LogP contribution < -0.4 is 5.73 Å². The highest BCUT2D eigenvalue weighted by molar-refractivity contribution is 9.09. The molecule has 1 rings (SSSR count). The van der Waals surface area contributed by atoms with Gasteiger partial charge < -0.3 is 5.73 Å². The van der Waals surface area contributed by atoms with Gasteiger partial charge in [-0.05, 0) is 6.07 Å². The van der Waals surface area contributed by atoms with E-state index in [1.165, 1.54) is 6.20 Å². The molecule has 0 bridgehead atoms. The summed E-state index contributed by atoms with van der Waals surface area (Å²) in [5.74, 6) is 0.481. The third-order valence-electron chi connectivity index (χ3n) is 1.38. The van der Waals surface area contributed by atoms with Crippen LogP contribution in [0, 0.1) is 0 Å². The number of thioether (sulfide) groups is 1. The number of amides is 1. The van der Waals surface area contributed by atoms with Gasteiger partial charge in [0, 0.05) is 28.4 Å². The Hall–Kier alpha value is -0.550. The molecular weight excluding hydrogens is 252 g/mol. The lowest BCUT2D eigenvalue weighted by Gasteiger charge is -2.03. The number of carbonyl (C=O) groups excluding carboxylic acids is 1. The van der Waals surface area contributed by atoms with Gasteiger partial charge in [-0.25, -0.2) is 0 Å². The number of hydrogen-bond donors (Lipinski definition) is 1. The molecule has 1 amide bonds. The molecule has 3 nitrogen and oxygen atoms in total. The van der Waals surface area contributed by atoms with Crippen LogP contribution >= 0.6 is 27.7 Å². The molecule has 1 aromatic heterocycles. The Kier molecular flexibility index (Phi) is 4.24. The fourth-order valence-corrected chi connectivity index (χ4v) is 2.09. The van der Waals surface area contributed by atoms with Crippen LogP contribution in [-0.4, -0.2) is 22.0 Å². The van der Waals surface area contributed by atoms with E-state index in [-0.39, 0.29) is 0 Å². The van der Waals surface area contributed by atoms with Gasteiger partial charge in [-0.1, -0.05) is 15.9 Å². The lowest BCUT2D eigenvalue weighted by molar-refractivity contribution is 0.0997. The molecule has 0 radical (unpaired) electrons. The van der Waals surface area contributed by atoms with Crippen LogP contribution in [0.15, 0.2) is 23.4 Å². The summed E-state index contributed by atoms with van der Waals surface area (Å²) < 4.78 is 0. The molecule has 0 aliphatic carbocycles. The Morgan fingerprint density at radius 2 is 2.46 bits per heavy atom. The van der Waals surface area contributed by atoms with E-state index in [0.29, 0.717) is 5.56 Å². The Morgan fingerprint density at radius 3 is 3.08 bits per heavy atom. The summed E-state index contributed by atoms with van der Waals surface area (Å²) in [7, 11) is 0. The van der Waals surface area contributed by atoms with Gasteiger partial charge in [-0.2, -0.15) is 0 Å². The summed E-state index contributed by atoms with van der Waals surface area (Å²) in [6.45, 7) is 0. The van der Waals surface area contributed by atoms with Gasteiger partial charge in [-0.15, -0.1) is 11.8 Å². The second-order valence-electron chi connectivity index (χ2n) is 2.27. The fourth-order valence-electron chi connectivity index (χ4n) is 0.841. The normalized spacial score (nSPS) is 9.92. The molecule has 0 fully saturated rings. The van der Waals surface area contributed by atoms with Crippen molar-refractivity contribution in [2.75, 3.05) is 11.1 Å². The Bertz CT molecular complexity index is 306. The molecule has 0 aliphatic rings. The van der Waals surface area contributed by atoms with Crippen molar-refractivity contribution in [3.63, 3.8) is 0 Å². The largest absolute Gasteiger partial charge is 0.366 e. The van der Waals surface area contributed by atoms with E-state index in [1.807, 2.05) is 0 Å². The number of alkyl halides is 1. The van der Waals surface area contributed by atoms with Crippen LogP contribution in [0.3, 0.4) is 0 Å². The SMILES string of the molecule is NC(=O)c1cnccc1SCCBr. The Labute approximate surface area is 89.2 Å². The molecule has 2 N–H and O–H groups in total. The van der Waals surface area contributed by atoms with E-state index in [1.54, 1.807) is 24.0 Å². The van der Waals surface area contributed by atoms with E-state index in [0.717, 1.165) is 16.0 Å². The highest BCUT2D eigenvalue weighted by Crippen LogP contribution is 2.21. The standard InChI is InChI=1S/C8H9BrN2OS/c9-2-4-13-7-1-3-11-5-6(7)8(10)12/h1,3,5H,2,4H2,(H2,10,12). The lowest BCUT2D eigenvalue weighted by atomic mass is 10.3. The zero-order valence-electron chi connectivity index (χ0n) is 6.87. The second-order valence-corrected chi connectivity index (χ2v) is 4.20. The summed E-state index contributed by atoms with van der Waals surface area (Å²) in [5.41, 5.74) is 5.68. The molecule has 0 saturated heterocycles. The molecule has 13 heavy (non-hydrogen) atoms. The van der Waals surface area contributed by atoms with Crippen molar-refractivity contribution in [2.45, 2.75) is 4.90 Å². The van der Waals surface area contributed by atoms with Crippen LogP contribution in [0.2, 0.25) is 0 Å². The number of pyridine rings is 1. The van der Waals surface area contributed by atoms with Crippen molar-refractivity contribution < 1.29 is 4.79 Å². The molecular formula is C8H9BrN2OS. The van der Waals surface area contributed by atoms with Gasteiger partial charge in [-0.3, -0.25) is 9.78 Å². The van der Waals surface area contributed by atoms with Crippen molar-refractivity contribution >= 4 is 33.6 Å². The molecule has 0 saturated carbocycles. The molecule has 0 aliphatic heterocycles. The molecule has 0 spiro atoms. The fraction of sp³-hybridized carbons (Fsp3) is 0.250. The predicted octanol–water partition coefficient (Wildman–Crippen LogP) is 1.67. The highest BCUT2D eigenvalue weighted by Gasteiger charge is 2.07. The first kappa shape index (κ1) is 10.5. The highest BCUT2D eigenvalue weighted by atomic mass is 79.9. The molecule has 5 heteroatoms. The third kappa shape index (κ3) is 3.00. The van der Waals surface area contributed by atoms with E-state index >= 15 is 0 Å². The first-order valence-corrected chi connectivity index (χ1v) is 5.79. The van der Waals surface area contributed by atoms with Gasteiger partial charge >= 0.3 is 0 Å². The first-order valence-electron chi connectivity index (χ1n) is 3.68. The molecule has 0 unspecified atom stereocenters. The molecule has 1 heterocycles. The Morgan fingerprint density at radius 1 is 1.69 bits per heavy atom. The van der Waals surface area contributed by atoms with E-state index in [9.17, 15) is 4.79 Å². The number of nitrogens with zero attached hydrogens (tertiary/aromatic N) is 1. The molecule has 70 valence electrons. The maximum absolute atomic E-state index is 10.9. The zero-order valence-corrected chi connectivity index (χ0v) is 9.27. The number of carbonyl (C=O) groups is 1. The summed E-state index contributed by atoms with van der Waals surface area (Å²) in [6, 6.07) is 1.80. The summed E-state index contributed by atoms with van der Waals surface area (Å²) in [6.07, 6.45) is 3.15. The second kappa shape index (κ2) is 5.24. The van der Waals surface area contributed by atoms with Gasteiger partial charge in [0.15, 0.2) is 0 Å². The minimum Gasteiger partial charge on any atom is -0.366 e. The maximum Gasteiger partial charge on any atom is 0.251 e. The minimum atomic E-state index is -0.426. The molecule has 0 atom stereocenters. The number of aromatic nitrogens is 1. The number of rotatable bonds is 4. The Balaban J connectivity index is 2.84.